The third-order valence-corrected chi connectivity index (χ3v) is 3.37. The lowest BCUT2D eigenvalue weighted by Crippen LogP contribution is -2.15. The van der Waals surface area contributed by atoms with Crippen molar-refractivity contribution in [1.82, 2.24) is 9.97 Å². The number of hydrogen-bond acceptors (Lipinski definition) is 3. The van der Waals surface area contributed by atoms with Gasteiger partial charge in [0.05, 0.1) is 11.9 Å². The Morgan fingerprint density at radius 1 is 1.25 bits per heavy atom. The summed E-state index contributed by atoms with van der Waals surface area (Å²) in [5.41, 5.74) is 3.11. The van der Waals surface area contributed by atoms with Crippen LogP contribution >= 0.6 is 0 Å². The van der Waals surface area contributed by atoms with E-state index in [1.54, 1.807) is 6.20 Å². The van der Waals surface area contributed by atoms with Crippen molar-refractivity contribution in [2.45, 2.75) is 33.1 Å². The lowest BCUT2D eigenvalue weighted by Gasteiger charge is -2.15. The molecule has 0 aliphatic rings. The third kappa shape index (κ3) is 3.20. The van der Waals surface area contributed by atoms with E-state index in [2.05, 4.69) is 29.1 Å². The molecule has 1 atom stereocenters. The zero-order valence-electron chi connectivity index (χ0n) is 12.1. The predicted octanol–water partition coefficient (Wildman–Crippen LogP) is 3.55. The molecule has 0 bridgehead atoms. The van der Waals surface area contributed by atoms with Gasteiger partial charge in [0, 0.05) is 11.9 Å². The summed E-state index contributed by atoms with van der Waals surface area (Å²) in [5.74, 6) is 0.170. The molecule has 2 rings (SSSR count). The number of benzene rings is 1. The van der Waals surface area contributed by atoms with Crippen molar-refractivity contribution >= 4 is 11.6 Å². The minimum Gasteiger partial charge on any atom is -0.320 e. The van der Waals surface area contributed by atoms with Crippen LogP contribution in [0, 0.1) is 6.92 Å². The monoisotopic (exact) mass is 269 g/mol. The second kappa shape index (κ2) is 6.28. The van der Waals surface area contributed by atoms with Crippen LogP contribution < -0.4 is 5.32 Å². The second-order valence-electron chi connectivity index (χ2n) is 4.89. The van der Waals surface area contributed by atoms with Crippen molar-refractivity contribution in [2.75, 3.05) is 5.32 Å². The fraction of sp³-hybridized carbons (Fsp3) is 0.312. The fourth-order valence-corrected chi connectivity index (χ4v) is 1.96. The van der Waals surface area contributed by atoms with Gasteiger partial charge in [0.1, 0.15) is 5.69 Å². The number of rotatable bonds is 4. The number of nitrogens with zero attached hydrogens (tertiary/aromatic N) is 2. The number of nitrogens with one attached hydrogen (secondary N) is 1. The Balaban J connectivity index is 2.21. The second-order valence-corrected chi connectivity index (χ2v) is 4.89. The summed E-state index contributed by atoms with van der Waals surface area (Å²) in [5, 5.41) is 2.92. The van der Waals surface area contributed by atoms with E-state index in [1.165, 1.54) is 6.20 Å². The molecule has 20 heavy (non-hydrogen) atoms. The van der Waals surface area contributed by atoms with E-state index in [1.807, 2.05) is 31.2 Å². The zero-order valence-corrected chi connectivity index (χ0v) is 12.1. The maximum Gasteiger partial charge on any atom is 0.275 e. The SMILES string of the molecule is CCC(C)c1ccccc1NC(=O)c1cnc(C)cn1. The average Bonchev–Trinajstić information content (AvgIpc) is 2.47. The molecule has 0 radical (unpaired) electrons. The summed E-state index contributed by atoms with van der Waals surface area (Å²) in [7, 11) is 0. The maximum absolute atomic E-state index is 12.2. The molecule has 4 heteroatoms. The minimum absolute atomic E-state index is 0.228. The molecule has 1 amide bonds. The smallest absolute Gasteiger partial charge is 0.275 e. The van der Waals surface area contributed by atoms with Crippen LogP contribution in [0.3, 0.4) is 0 Å². The van der Waals surface area contributed by atoms with Crippen molar-refractivity contribution in [1.29, 1.82) is 0 Å². The lowest BCUT2D eigenvalue weighted by molar-refractivity contribution is 0.102. The molecule has 0 aliphatic carbocycles. The number of carbonyl (C=O) groups is 1. The number of aryl methyl sites for hydroxylation is 1. The number of aromatic nitrogens is 2. The Labute approximate surface area is 119 Å². The first-order valence-corrected chi connectivity index (χ1v) is 6.80. The molecule has 1 aromatic carbocycles. The van der Waals surface area contributed by atoms with E-state index in [0.717, 1.165) is 23.4 Å². The highest BCUT2D eigenvalue weighted by molar-refractivity contribution is 6.03. The van der Waals surface area contributed by atoms with Gasteiger partial charge in [0.2, 0.25) is 0 Å². The van der Waals surface area contributed by atoms with Gasteiger partial charge in [-0.2, -0.15) is 0 Å². The Kier molecular flexibility index (Phi) is 4.45. The molecular weight excluding hydrogens is 250 g/mol. The molecular formula is C16H19N3O. The average molecular weight is 269 g/mol. The highest BCUT2D eigenvalue weighted by Gasteiger charge is 2.13. The normalized spacial score (nSPS) is 11.9. The highest BCUT2D eigenvalue weighted by atomic mass is 16.1. The topological polar surface area (TPSA) is 54.9 Å². The number of amides is 1. The molecule has 2 aromatic rings. The highest BCUT2D eigenvalue weighted by Crippen LogP contribution is 2.26. The van der Waals surface area contributed by atoms with Crippen molar-refractivity contribution in [3.05, 3.63) is 53.6 Å². The Bertz CT molecular complexity index is 593. The van der Waals surface area contributed by atoms with Crippen LogP contribution in [0.5, 0.6) is 0 Å². The molecule has 1 heterocycles. The molecule has 0 saturated carbocycles. The van der Waals surface area contributed by atoms with E-state index in [9.17, 15) is 4.79 Å². The molecule has 1 aromatic heterocycles. The van der Waals surface area contributed by atoms with Crippen LogP contribution in [0.1, 0.15) is 47.9 Å². The zero-order chi connectivity index (χ0) is 14.5. The van der Waals surface area contributed by atoms with Crippen LogP contribution in [0.4, 0.5) is 5.69 Å². The summed E-state index contributed by atoms with van der Waals surface area (Å²) in [6.45, 7) is 6.12. The first-order valence-electron chi connectivity index (χ1n) is 6.80. The third-order valence-electron chi connectivity index (χ3n) is 3.37. The van der Waals surface area contributed by atoms with E-state index in [-0.39, 0.29) is 5.91 Å². The summed E-state index contributed by atoms with van der Waals surface area (Å²) in [4.78, 5) is 20.4. The van der Waals surface area contributed by atoms with Crippen LogP contribution in [0.25, 0.3) is 0 Å². The van der Waals surface area contributed by atoms with Crippen molar-refractivity contribution < 1.29 is 4.79 Å². The van der Waals surface area contributed by atoms with Crippen LogP contribution in [-0.2, 0) is 0 Å². The van der Waals surface area contributed by atoms with Gasteiger partial charge in [-0.3, -0.25) is 9.78 Å². The van der Waals surface area contributed by atoms with Gasteiger partial charge in [-0.15, -0.1) is 0 Å². The van der Waals surface area contributed by atoms with Crippen LogP contribution in [-0.4, -0.2) is 15.9 Å². The standard InChI is InChI=1S/C16H19N3O/c1-4-11(2)13-7-5-6-8-14(13)19-16(20)15-10-17-12(3)9-18-15/h5-11H,4H2,1-3H3,(H,19,20). The number of hydrogen-bond donors (Lipinski definition) is 1. The van der Waals surface area contributed by atoms with Crippen molar-refractivity contribution in [3.8, 4) is 0 Å². The largest absolute Gasteiger partial charge is 0.320 e. The molecule has 1 unspecified atom stereocenters. The maximum atomic E-state index is 12.2. The molecule has 0 saturated heterocycles. The molecule has 0 aliphatic heterocycles. The van der Waals surface area contributed by atoms with E-state index >= 15 is 0 Å². The van der Waals surface area contributed by atoms with E-state index in [0.29, 0.717) is 11.6 Å². The molecule has 4 nitrogen and oxygen atoms in total. The van der Waals surface area contributed by atoms with Crippen molar-refractivity contribution in [3.63, 3.8) is 0 Å². The molecule has 0 spiro atoms. The lowest BCUT2D eigenvalue weighted by atomic mass is 9.97. The van der Waals surface area contributed by atoms with Gasteiger partial charge in [0.25, 0.3) is 5.91 Å². The van der Waals surface area contributed by atoms with Crippen molar-refractivity contribution in [2.24, 2.45) is 0 Å². The summed E-state index contributed by atoms with van der Waals surface area (Å²) >= 11 is 0. The Morgan fingerprint density at radius 3 is 2.65 bits per heavy atom. The quantitative estimate of drug-likeness (QED) is 0.923. The number of anilines is 1. The van der Waals surface area contributed by atoms with E-state index in [4.69, 9.17) is 0 Å². The van der Waals surface area contributed by atoms with Gasteiger partial charge in [-0.05, 0) is 30.9 Å². The number of para-hydroxylation sites is 1. The van der Waals surface area contributed by atoms with E-state index < -0.39 is 0 Å². The van der Waals surface area contributed by atoms with Gasteiger partial charge >= 0.3 is 0 Å². The summed E-state index contributed by atoms with van der Waals surface area (Å²) < 4.78 is 0. The number of carbonyl (C=O) groups excluding carboxylic acids is 1. The first-order chi connectivity index (χ1) is 9.61. The minimum atomic E-state index is -0.228. The summed E-state index contributed by atoms with van der Waals surface area (Å²) in [6, 6.07) is 7.87. The predicted molar refractivity (Wildman–Crippen MR) is 79.9 cm³/mol. The van der Waals surface area contributed by atoms with Gasteiger partial charge in [-0.25, -0.2) is 4.98 Å². The Hall–Kier alpha value is -2.23. The Morgan fingerprint density at radius 2 is 2.00 bits per heavy atom. The summed E-state index contributed by atoms with van der Waals surface area (Å²) in [6.07, 6.45) is 4.11. The molecule has 1 N–H and O–H groups in total. The van der Waals surface area contributed by atoms with Crippen LogP contribution in [0.2, 0.25) is 0 Å². The van der Waals surface area contributed by atoms with Gasteiger partial charge in [-0.1, -0.05) is 32.0 Å². The molecule has 104 valence electrons. The van der Waals surface area contributed by atoms with Gasteiger partial charge < -0.3 is 5.32 Å². The van der Waals surface area contributed by atoms with Crippen LogP contribution in [0.15, 0.2) is 36.7 Å². The fourth-order valence-electron chi connectivity index (χ4n) is 1.96. The molecule has 0 fully saturated rings. The first kappa shape index (κ1) is 14.2. The van der Waals surface area contributed by atoms with Gasteiger partial charge in [0.15, 0.2) is 0 Å².